The average molecular weight is 210 g/mol. The molecule has 2 heterocycles. The van der Waals surface area contributed by atoms with Crippen LogP contribution in [0.3, 0.4) is 0 Å². The first-order valence-corrected chi connectivity index (χ1v) is 5.11. The number of aromatic nitrogens is 2. The van der Waals surface area contributed by atoms with Crippen LogP contribution < -0.4 is 0 Å². The van der Waals surface area contributed by atoms with Gasteiger partial charge in [0.1, 0.15) is 5.52 Å². The van der Waals surface area contributed by atoms with Crippen LogP contribution in [-0.4, -0.2) is 9.97 Å². The molecule has 2 aromatic heterocycles. The summed E-state index contributed by atoms with van der Waals surface area (Å²) in [6.45, 7) is 2.00. The van der Waals surface area contributed by atoms with Crippen LogP contribution in [0.4, 0.5) is 0 Å². The second-order valence-corrected chi connectivity index (χ2v) is 3.68. The Kier molecular flexibility index (Phi) is 1.96. The summed E-state index contributed by atoms with van der Waals surface area (Å²) < 4.78 is 5.70. The number of aryl methyl sites for hydroxylation is 1. The summed E-state index contributed by atoms with van der Waals surface area (Å²) in [4.78, 5) is 8.50. The smallest absolute Gasteiger partial charge is 0.227 e. The van der Waals surface area contributed by atoms with E-state index in [2.05, 4.69) is 9.97 Å². The standard InChI is InChI=1S/C13H10N2O/c1-9-8-14-7-6-10(9)13-15-11-4-2-3-5-12(11)16-13/h2-8H,1H3. The molecule has 0 bridgehead atoms. The molecule has 0 saturated heterocycles. The van der Waals surface area contributed by atoms with Gasteiger partial charge in [-0.3, -0.25) is 4.98 Å². The third-order valence-corrected chi connectivity index (χ3v) is 2.54. The molecular weight excluding hydrogens is 200 g/mol. The first kappa shape index (κ1) is 9.09. The van der Waals surface area contributed by atoms with E-state index in [4.69, 9.17) is 4.42 Å². The molecule has 3 heteroatoms. The quantitative estimate of drug-likeness (QED) is 0.619. The van der Waals surface area contributed by atoms with E-state index in [0.717, 1.165) is 22.2 Å². The van der Waals surface area contributed by atoms with Crippen molar-refractivity contribution in [1.29, 1.82) is 0 Å². The van der Waals surface area contributed by atoms with Gasteiger partial charge in [0.15, 0.2) is 5.58 Å². The van der Waals surface area contributed by atoms with E-state index in [0.29, 0.717) is 5.89 Å². The van der Waals surface area contributed by atoms with E-state index in [1.165, 1.54) is 0 Å². The minimum atomic E-state index is 0.654. The molecular formula is C13H10N2O. The second kappa shape index (κ2) is 3.45. The lowest BCUT2D eigenvalue weighted by Crippen LogP contribution is -1.83. The van der Waals surface area contributed by atoms with Gasteiger partial charge in [-0.2, -0.15) is 0 Å². The predicted octanol–water partition coefficient (Wildman–Crippen LogP) is 3.20. The van der Waals surface area contributed by atoms with Gasteiger partial charge >= 0.3 is 0 Å². The van der Waals surface area contributed by atoms with Gasteiger partial charge in [0.2, 0.25) is 5.89 Å². The van der Waals surface area contributed by atoms with Gasteiger partial charge < -0.3 is 4.42 Å². The van der Waals surface area contributed by atoms with E-state index >= 15 is 0 Å². The second-order valence-electron chi connectivity index (χ2n) is 3.68. The lowest BCUT2D eigenvalue weighted by molar-refractivity contribution is 0.619. The SMILES string of the molecule is Cc1cnccc1-c1nc2ccccc2o1. The summed E-state index contributed by atoms with van der Waals surface area (Å²) in [5.41, 5.74) is 3.75. The van der Waals surface area contributed by atoms with Crippen molar-refractivity contribution >= 4 is 11.1 Å². The first-order chi connectivity index (χ1) is 7.84. The Balaban J connectivity index is 2.23. The molecule has 0 atom stereocenters. The van der Waals surface area contributed by atoms with E-state index in [-0.39, 0.29) is 0 Å². The zero-order valence-electron chi connectivity index (χ0n) is 8.84. The lowest BCUT2D eigenvalue weighted by atomic mass is 10.2. The van der Waals surface area contributed by atoms with E-state index < -0.39 is 0 Å². The Morgan fingerprint density at radius 1 is 1.12 bits per heavy atom. The Labute approximate surface area is 92.8 Å². The summed E-state index contributed by atoms with van der Waals surface area (Å²) in [5, 5.41) is 0. The fourth-order valence-electron chi connectivity index (χ4n) is 1.70. The average Bonchev–Trinajstić information content (AvgIpc) is 2.73. The topological polar surface area (TPSA) is 38.9 Å². The molecule has 3 aromatic rings. The highest BCUT2D eigenvalue weighted by atomic mass is 16.3. The third kappa shape index (κ3) is 1.37. The van der Waals surface area contributed by atoms with Crippen LogP contribution in [0, 0.1) is 6.92 Å². The van der Waals surface area contributed by atoms with Gasteiger partial charge in [0.05, 0.1) is 0 Å². The molecule has 78 valence electrons. The number of hydrogen-bond acceptors (Lipinski definition) is 3. The van der Waals surface area contributed by atoms with Crippen LogP contribution in [0.15, 0.2) is 47.1 Å². The molecule has 1 aromatic carbocycles. The van der Waals surface area contributed by atoms with Crippen molar-refractivity contribution in [3.05, 3.63) is 48.3 Å². The monoisotopic (exact) mass is 210 g/mol. The van der Waals surface area contributed by atoms with Crippen molar-refractivity contribution in [3.8, 4) is 11.5 Å². The van der Waals surface area contributed by atoms with E-state index in [1.807, 2.05) is 43.5 Å². The molecule has 0 aliphatic carbocycles. The maximum atomic E-state index is 5.70. The number of pyridine rings is 1. The van der Waals surface area contributed by atoms with Crippen LogP contribution in [0.2, 0.25) is 0 Å². The molecule has 16 heavy (non-hydrogen) atoms. The van der Waals surface area contributed by atoms with Crippen LogP contribution in [0.25, 0.3) is 22.6 Å². The van der Waals surface area contributed by atoms with Crippen molar-refractivity contribution in [2.45, 2.75) is 6.92 Å². The minimum absolute atomic E-state index is 0.654. The molecule has 0 amide bonds. The zero-order chi connectivity index (χ0) is 11.0. The van der Waals surface area contributed by atoms with Crippen LogP contribution in [-0.2, 0) is 0 Å². The Morgan fingerprint density at radius 2 is 2.00 bits per heavy atom. The summed E-state index contributed by atoms with van der Waals surface area (Å²) >= 11 is 0. The lowest BCUT2D eigenvalue weighted by Gasteiger charge is -1.97. The summed E-state index contributed by atoms with van der Waals surface area (Å²) in [6.07, 6.45) is 3.56. The largest absolute Gasteiger partial charge is 0.436 e. The fourth-order valence-corrected chi connectivity index (χ4v) is 1.70. The minimum Gasteiger partial charge on any atom is -0.436 e. The van der Waals surface area contributed by atoms with E-state index in [9.17, 15) is 0 Å². The highest BCUT2D eigenvalue weighted by Gasteiger charge is 2.09. The highest BCUT2D eigenvalue weighted by molar-refractivity contribution is 5.76. The van der Waals surface area contributed by atoms with Gasteiger partial charge in [-0.05, 0) is 30.7 Å². The van der Waals surface area contributed by atoms with Gasteiger partial charge in [-0.1, -0.05) is 12.1 Å². The number of para-hydroxylation sites is 2. The third-order valence-electron chi connectivity index (χ3n) is 2.54. The molecule has 3 nitrogen and oxygen atoms in total. The predicted molar refractivity (Wildman–Crippen MR) is 62.0 cm³/mol. The number of benzene rings is 1. The highest BCUT2D eigenvalue weighted by Crippen LogP contribution is 2.25. The van der Waals surface area contributed by atoms with Gasteiger partial charge in [-0.25, -0.2) is 4.98 Å². The summed E-state index contributed by atoms with van der Waals surface area (Å²) in [7, 11) is 0. The van der Waals surface area contributed by atoms with Crippen molar-refractivity contribution < 1.29 is 4.42 Å². The molecule has 0 N–H and O–H groups in total. The normalized spacial score (nSPS) is 10.8. The maximum Gasteiger partial charge on any atom is 0.227 e. The molecule has 0 radical (unpaired) electrons. The van der Waals surface area contributed by atoms with Gasteiger partial charge in [0.25, 0.3) is 0 Å². The molecule has 0 unspecified atom stereocenters. The van der Waals surface area contributed by atoms with Crippen LogP contribution in [0.5, 0.6) is 0 Å². The van der Waals surface area contributed by atoms with E-state index in [1.54, 1.807) is 6.20 Å². The van der Waals surface area contributed by atoms with Crippen LogP contribution in [0.1, 0.15) is 5.56 Å². The summed E-state index contributed by atoms with van der Waals surface area (Å²) in [6, 6.07) is 9.67. The fraction of sp³-hybridized carbons (Fsp3) is 0.0769. The molecule has 3 rings (SSSR count). The van der Waals surface area contributed by atoms with Gasteiger partial charge in [0, 0.05) is 18.0 Å². The molecule has 0 fully saturated rings. The number of nitrogens with zero attached hydrogens (tertiary/aromatic N) is 2. The summed E-state index contributed by atoms with van der Waals surface area (Å²) in [5.74, 6) is 0.654. The maximum absolute atomic E-state index is 5.70. The molecule has 0 aliphatic rings. The first-order valence-electron chi connectivity index (χ1n) is 5.11. The number of fused-ring (bicyclic) bond motifs is 1. The van der Waals surface area contributed by atoms with Crippen LogP contribution >= 0.6 is 0 Å². The number of hydrogen-bond donors (Lipinski definition) is 0. The molecule has 0 spiro atoms. The number of rotatable bonds is 1. The number of oxazole rings is 1. The zero-order valence-corrected chi connectivity index (χ0v) is 8.84. The van der Waals surface area contributed by atoms with Crippen molar-refractivity contribution in [2.75, 3.05) is 0 Å². The Morgan fingerprint density at radius 3 is 2.81 bits per heavy atom. The Hall–Kier alpha value is -2.16. The molecule has 0 saturated carbocycles. The van der Waals surface area contributed by atoms with Gasteiger partial charge in [-0.15, -0.1) is 0 Å². The van der Waals surface area contributed by atoms with Crippen molar-refractivity contribution in [2.24, 2.45) is 0 Å². The van der Waals surface area contributed by atoms with Crippen molar-refractivity contribution in [1.82, 2.24) is 9.97 Å². The molecule has 0 aliphatic heterocycles. The Bertz CT molecular complexity index is 610. The van der Waals surface area contributed by atoms with Crippen molar-refractivity contribution in [3.63, 3.8) is 0 Å².